The molecule has 1 aromatic carbocycles. The first-order chi connectivity index (χ1) is 9.99. The van der Waals surface area contributed by atoms with Crippen LogP contribution in [-0.2, 0) is 0 Å². The van der Waals surface area contributed by atoms with Crippen molar-refractivity contribution in [2.45, 2.75) is 17.6 Å². The van der Waals surface area contributed by atoms with Gasteiger partial charge in [-0.15, -0.1) is 11.8 Å². The lowest BCUT2D eigenvalue weighted by atomic mass is 9.97. The number of urea groups is 1. The fourth-order valence-electron chi connectivity index (χ4n) is 2.22. The van der Waals surface area contributed by atoms with Crippen LogP contribution in [0.25, 0.3) is 0 Å². The van der Waals surface area contributed by atoms with Crippen molar-refractivity contribution in [3.8, 4) is 6.07 Å². The van der Waals surface area contributed by atoms with Crippen molar-refractivity contribution in [2.24, 2.45) is 0 Å². The molecule has 112 valence electrons. The average molecular weight is 311 g/mol. The lowest BCUT2D eigenvalue weighted by molar-refractivity contribution is 0.196. The number of anilines is 1. The van der Waals surface area contributed by atoms with Gasteiger partial charge in [-0.05, 0) is 31.2 Å². The van der Waals surface area contributed by atoms with Crippen molar-refractivity contribution in [3.63, 3.8) is 0 Å². The zero-order valence-corrected chi connectivity index (χ0v) is 12.3. The molecule has 1 aliphatic rings. The molecule has 1 saturated heterocycles. The second-order valence-corrected chi connectivity index (χ2v) is 6.04. The van der Waals surface area contributed by atoms with Crippen molar-refractivity contribution in [3.05, 3.63) is 29.8 Å². The van der Waals surface area contributed by atoms with Gasteiger partial charge < -0.3 is 10.2 Å². The summed E-state index contributed by atoms with van der Waals surface area (Å²) in [6.45, 7) is 0.867. The predicted molar refractivity (Wildman–Crippen MR) is 78.0 cm³/mol. The van der Waals surface area contributed by atoms with Crippen LogP contribution >= 0.6 is 11.8 Å². The van der Waals surface area contributed by atoms with Crippen LogP contribution in [0, 0.1) is 23.0 Å². The average Bonchev–Trinajstić information content (AvgIpc) is 2.50. The Kier molecular flexibility index (Phi) is 4.68. The normalized spacial score (nSPS) is 17.1. The molecule has 1 N–H and O–H groups in total. The van der Waals surface area contributed by atoms with E-state index in [1.165, 1.54) is 22.7 Å². The number of nitrogens with zero attached hydrogens (tertiary/aromatic N) is 2. The quantitative estimate of drug-likeness (QED) is 0.912. The summed E-state index contributed by atoms with van der Waals surface area (Å²) in [4.78, 5) is 13.6. The zero-order valence-electron chi connectivity index (χ0n) is 11.5. The Hall–Kier alpha value is -1.81. The molecule has 1 heterocycles. The highest BCUT2D eigenvalue weighted by Gasteiger charge is 2.35. The van der Waals surface area contributed by atoms with Crippen molar-refractivity contribution in [1.82, 2.24) is 4.90 Å². The highest BCUT2D eigenvalue weighted by Crippen LogP contribution is 2.33. The number of benzene rings is 1. The van der Waals surface area contributed by atoms with E-state index in [2.05, 4.69) is 11.4 Å². The number of hydrogen-bond acceptors (Lipinski definition) is 3. The van der Waals surface area contributed by atoms with Gasteiger partial charge in [0.05, 0.1) is 11.8 Å². The number of carbonyl (C=O) groups excluding carboxylic acids is 1. The van der Waals surface area contributed by atoms with Gasteiger partial charge in [-0.25, -0.2) is 13.6 Å². The molecule has 2 rings (SSSR count). The van der Waals surface area contributed by atoms with E-state index < -0.39 is 22.4 Å². The Morgan fingerprint density at radius 1 is 1.43 bits per heavy atom. The summed E-state index contributed by atoms with van der Waals surface area (Å²) in [5, 5.41) is 11.6. The van der Waals surface area contributed by atoms with Crippen LogP contribution in [0.1, 0.15) is 12.8 Å². The zero-order chi connectivity index (χ0) is 15.5. The van der Waals surface area contributed by atoms with Crippen LogP contribution in [0.4, 0.5) is 19.3 Å². The third kappa shape index (κ3) is 3.45. The molecule has 0 radical (unpaired) electrons. The molecule has 1 fully saturated rings. The Labute approximate surface area is 126 Å². The van der Waals surface area contributed by atoms with Gasteiger partial charge in [0.25, 0.3) is 0 Å². The van der Waals surface area contributed by atoms with Gasteiger partial charge in [0, 0.05) is 19.2 Å². The lowest BCUT2D eigenvalue weighted by Crippen LogP contribution is -2.46. The number of nitriles is 1. The van der Waals surface area contributed by atoms with Crippen molar-refractivity contribution in [1.29, 1.82) is 5.26 Å². The molecule has 21 heavy (non-hydrogen) atoms. The summed E-state index contributed by atoms with van der Waals surface area (Å²) in [6, 6.07) is 4.86. The number of halogens is 2. The summed E-state index contributed by atoms with van der Waals surface area (Å²) in [5.41, 5.74) is -0.0524. The minimum atomic E-state index is -0.809. The van der Waals surface area contributed by atoms with Gasteiger partial charge in [0.15, 0.2) is 0 Å². The van der Waals surface area contributed by atoms with Gasteiger partial charge in [-0.2, -0.15) is 5.26 Å². The van der Waals surface area contributed by atoms with Gasteiger partial charge >= 0.3 is 6.03 Å². The Balaban J connectivity index is 1.98. The van der Waals surface area contributed by atoms with Crippen LogP contribution in [0.3, 0.4) is 0 Å². The number of carbonyl (C=O) groups is 1. The molecule has 0 saturated carbocycles. The third-order valence-corrected chi connectivity index (χ3v) is 4.91. The van der Waals surface area contributed by atoms with E-state index in [0.717, 1.165) is 12.1 Å². The summed E-state index contributed by atoms with van der Waals surface area (Å²) in [6.07, 6.45) is 3.03. The van der Waals surface area contributed by atoms with Crippen LogP contribution in [-0.4, -0.2) is 35.0 Å². The molecule has 1 aliphatic heterocycles. The SMILES string of the molecule is CSC1(C#N)CCN(C(=O)Nc2ccc(F)cc2F)CC1. The number of nitrogens with one attached hydrogen (secondary N) is 1. The van der Waals surface area contributed by atoms with E-state index in [1.807, 2.05) is 6.26 Å². The van der Waals surface area contributed by atoms with Crippen molar-refractivity contribution < 1.29 is 13.6 Å². The summed E-state index contributed by atoms with van der Waals surface area (Å²) < 4.78 is 25.9. The first-order valence-corrected chi connectivity index (χ1v) is 7.69. The maximum absolute atomic E-state index is 13.5. The number of amides is 2. The number of piperidine rings is 1. The standard InChI is InChI=1S/C14H15F2N3OS/c1-21-14(9-17)4-6-19(7-5-14)13(20)18-12-3-2-10(15)8-11(12)16/h2-3,8H,4-7H2,1H3,(H,18,20). The maximum atomic E-state index is 13.5. The Bertz CT molecular complexity index is 580. The largest absolute Gasteiger partial charge is 0.324 e. The molecule has 0 spiro atoms. The fraction of sp³-hybridized carbons (Fsp3) is 0.429. The molecular weight excluding hydrogens is 296 g/mol. The molecule has 4 nitrogen and oxygen atoms in total. The van der Waals surface area contributed by atoms with Gasteiger partial charge in [0.2, 0.25) is 0 Å². The van der Waals surface area contributed by atoms with Crippen LogP contribution < -0.4 is 5.32 Å². The molecule has 0 aromatic heterocycles. The first kappa shape index (κ1) is 15.6. The second kappa shape index (κ2) is 6.31. The topological polar surface area (TPSA) is 56.1 Å². The monoisotopic (exact) mass is 311 g/mol. The second-order valence-electron chi connectivity index (χ2n) is 4.85. The number of hydrogen-bond donors (Lipinski definition) is 1. The van der Waals surface area contributed by atoms with Crippen LogP contribution in [0.2, 0.25) is 0 Å². The molecule has 7 heteroatoms. The van der Waals surface area contributed by atoms with Crippen LogP contribution in [0.15, 0.2) is 18.2 Å². The maximum Gasteiger partial charge on any atom is 0.321 e. The van der Waals surface area contributed by atoms with E-state index in [-0.39, 0.29) is 5.69 Å². The predicted octanol–water partition coefficient (Wildman–Crippen LogP) is 3.22. The molecule has 0 unspecified atom stereocenters. The molecule has 1 aromatic rings. The summed E-state index contributed by atoms with van der Waals surface area (Å²) in [5.74, 6) is -1.50. The lowest BCUT2D eigenvalue weighted by Gasteiger charge is -2.36. The number of rotatable bonds is 2. The molecule has 2 amide bonds. The van der Waals surface area contributed by atoms with E-state index in [1.54, 1.807) is 0 Å². The molecule has 0 aliphatic carbocycles. The number of likely N-dealkylation sites (tertiary alicyclic amines) is 1. The number of thioether (sulfide) groups is 1. The van der Waals surface area contributed by atoms with Crippen molar-refractivity contribution in [2.75, 3.05) is 24.7 Å². The van der Waals surface area contributed by atoms with Gasteiger partial charge in [0.1, 0.15) is 16.4 Å². The van der Waals surface area contributed by atoms with E-state index in [9.17, 15) is 18.8 Å². The Morgan fingerprint density at radius 3 is 2.62 bits per heavy atom. The highest BCUT2D eigenvalue weighted by molar-refractivity contribution is 8.00. The third-order valence-electron chi connectivity index (χ3n) is 3.63. The first-order valence-electron chi connectivity index (χ1n) is 6.47. The Morgan fingerprint density at radius 2 is 2.10 bits per heavy atom. The van der Waals surface area contributed by atoms with E-state index in [0.29, 0.717) is 25.9 Å². The van der Waals surface area contributed by atoms with Crippen LogP contribution in [0.5, 0.6) is 0 Å². The fourth-order valence-corrected chi connectivity index (χ4v) is 2.90. The summed E-state index contributed by atoms with van der Waals surface area (Å²) in [7, 11) is 0. The van der Waals surface area contributed by atoms with Gasteiger partial charge in [-0.3, -0.25) is 0 Å². The highest BCUT2D eigenvalue weighted by atomic mass is 32.2. The minimum Gasteiger partial charge on any atom is -0.324 e. The van der Waals surface area contributed by atoms with E-state index in [4.69, 9.17) is 0 Å². The summed E-state index contributed by atoms with van der Waals surface area (Å²) >= 11 is 1.49. The van der Waals surface area contributed by atoms with E-state index >= 15 is 0 Å². The van der Waals surface area contributed by atoms with Crippen molar-refractivity contribution >= 4 is 23.5 Å². The molecule has 0 atom stereocenters. The van der Waals surface area contributed by atoms with Gasteiger partial charge in [-0.1, -0.05) is 0 Å². The molecule has 0 bridgehead atoms. The minimum absolute atomic E-state index is 0.0524. The smallest absolute Gasteiger partial charge is 0.321 e. The molecular formula is C14H15F2N3OS.